The highest BCUT2D eigenvalue weighted by molar-refractivity contribution is 8.00. The largest absolute Gasteiger partial charge is 0.468 e. The third-order valence-electron chi connectivity index (χ3n) is 2.49. The summed E-state index contributed by atoms with van der Waals surface area (Å²) in [5.41, 5.74) is 0. The van der Waals surface area contributed by atoms with E-state index in [1.807, 2.05) is 30.3 Å². The van der Waals surface area contributed by atoms with Crippen molar-refractivity contribution in [2.24, 2.45) is 5.92 Å². The molecule has 0 amide bonds. The SMILES string of the molecule is COC(=O)C(CCC(C)C)Sc1ccccc1. The summed E-state index contributed by atoms with van der Waals surface area (Å²) in [5.74, 6) is 0.484. The van der Waals surface area contributed by atoms with Crippen LogP contribution in [0.2, 0.25) is 0 Å². The molecule has 0 aliphatic carbocycles. The first-order valence-corrected chi connectivity index (χ1v) is 6.81. The Balaban J connectivity index is 2.60. The Morgan fingerprint density at radius 3 is 2.41 bits per heavy atom. The van der Waals surface area contributed by atoms with Gasteiger partial charge in [-0.05, 0) is 30.9 Å². The minimum absolute atomic E-state index is 0.0928. The van der Waals surface area contributed by atoms with E-state index >= 15 is 0 Å². The molecule has 0 N–H and O–H groups in total. The van der Waals surface area contributed by atoms with Gasteiger partial charge in [0.25, 0.3) is 0 Å². The number of rotatable bonds is 6. The van der Waals surface area contributed by atoms with E-state index in [-0.39, 0.29) is 11.2 Å². The van der Waals surface area contributed by atoms with E-state index in [1.165, 1.54) is 7.11 Å². The molecular formula is C14H20O2S. The summed E-state index contributed by atoms with van der Waals surface area (Å²) in [6.45, 7) is 4.34. The Kier molecular flexibility index (Phi) is 6.12. The normalized spacial score (nSPS) is 12.5. The molecule has 0 aliphatic rings. The minimum Gasteiger partial charge on any atom is -0.468 e. The van der Waals surface area contributed by atoms with Crippen LogP contribution in [0.5, 0.6) is 0 Å². The van der Waals surface area contributed by atoms with Gasteiger partial charge in [-0.2, -0.15) is 0 Å². The lowest BCUT2D eigenvalue weighted by molar-refractivity contribution is -0.140. The number of hydrogen-bond donors (Lipinski definition) is 0. The van der Waals surface area contributed by atoms with Crippen molar-refractivity contribution >= 4 is 17.7 Å². The van der Waals surface area contributed by atoms with E-state index in [0.717, 1.165) is 17.7 Å². The van der Waals surface area contributed by atoms with Crippen molar-refractivity contribution in [2.75, 3.05) is 7.11 Å². The van der Waals surface area contributed by atoms with Crippen molar-refractivity contribution in [2.45, 2.75) is 36.8 Å². The molecule has 0 saturated heterocycles. The van der Waals surface area contributed by atoms with Gasteiger partial charge in [-0.1, -0.05) is 32.0 Å². The van der Waals surface area contributed by atoms with E-state index in [0.29, 0.717) is 5.92 Å². The monoisotopic (exact) mass is 252 g/mol. The van der Waals surface area contributed by atoms with E-state index in [9.17, 15) is 4.79 Å². The van der Waals surface area contributed by atoms with Crippen LogP contribution in [0.1, 0.15) is 26.7 Å². The molecule has 94 valence electrons. The van der Waals surface area contributed by atoms with Gasteiger partial charge in [-0.15, -0.1) is 11.8 Å². The molecule has 0 spiro atoms. The summed E-state index contributed by atoms with van der Waals surface area (Å²) >= 11 is 1.59. The van der Waals surface area contributed by atoms with E-state index < -0.39 is 0 Å². The summed E-state index contributed by atoms with van der Waals surface area (Å²) in [5, 5.41) is -0.0928. The van der Waals surface area contributed by atoms with Crippen molar-refractivity contribution in [3.8, 4) is 0 Å². The molecule has 2 nitrogen and oxygen atoms in total. The molecule has 0 fully saturated rings. The Bertz CT molecular complexity index is 335. The predicted molar refractivity (Wildman–Crippen MR) is 72.2 cm³/mol. The van der Waals surface area contributed by atoms with Gasteiger partial charge >= 0.3 is 5.97 Å². The summed E-state index contributed by atoms with van der Waals surface area (Å²) in [6.07, 6.45) is 1.91. The number of ether oxygens (including phenoxy) is 1. The fourth-order valence-corrected chi connectivity index (χ4v) is 2.59. The molecule has 0 radical (unpaired) electrons. The Hall–Kier alpha value is -0.960. The first kappa shape index (κ1) is 14.1. The second kappa shape index (κ2) is 7.38. The van der Waals surface area contributed by atoms with Crippen molar-refractivity contribution in [1.29, 1.82) is 0 Å². The number of methoxy groups -OCH3 is 1. The number of thioether (sulfide) groups is 1. The standard InChI is InChI=1S/C14H20O2S/c1-11(2)9-10-13(14(15)16-3)17-12-7-5-4-6-8-12/h4-8,11,13H,9-10H2,1-3H3. The predicted octanol–water partition coefficient (Wildman–Crippen LogP) is 3.76. The van der Waals surface area contributed by atoms with Crippen LogP contribution in [-0.2, 0) is 9.53 Å². The molecule has 1 rings (SSSR count). The van der Waals surface area contributed by atoms with Crippen LogP contribution in [0.15, 0.2) is 35.2 Å². The first-order valence-electron chi connectivity index (χ1n) is 5.93. The number of esters is 1. The quantitative estimate of drug-likeness (QED) is 0.569. The molecule has 1 aromatic carbocycles. The highest BCUT2D eigenvalue weighted by Gasteiger charge is 2.20. The molecule has 1 atom stereocenters. The molecule has 0 aromatic heterocycles. The topological polar surface area (TPSA) is 26.3 Å². The maximum atomic E-state index is 11.7. The van der Waals surface area contributed by atoms with Gasteiger partial charge in [0.1, 0.15) is 5.25 Å². The summed E-state index contributed by atoms with van der Waals surface area (Å²) < 4.78 is 4.86. The minimum atomic E-state index is -0.125. The molecular weight excluding hydrogens is 232 g/mol. The van der Waals surface area contributed by atoms with Gasteiger partial charge in [0.2, 0.25) is 0 Å². The second-order valence-corrected chi connectivity index (χ2v) is 5.69. The smallest absolute Gasteiger partial charge is 0.319 e. The highest BCUT2D eigenvalue weighted by Crippen LogP contribution is 2.27. The van der Waals surface area contributed by atoms with E-state index in [1.54, 1.807) is 11.8 Å². The molecule has 0 aliphatic heterocycles. The van der Waals surface area contributed by atoms with Crippen LogP contribution >= 0.6 is 11.8 Å². The third kappa shape index (κ3) is 5.26. The lowest BCUT2D eigenvalue weighted by Crippen LogP contribution is -2.19. The van der Waals surface area contributed by atoms with Crippen molar-refractivity contribution in [3.05, 3.63) is 30.3 Å². The zero-order valence-electron chi connectivity index (χ0n) is 10.7. The lowest BCUT2D eigenvalue weighted by Gasteiger charge is -2.15. The van der Waals surface area contributed by atoms with Gasteiger partial charge in [0, 0.05) is 4.90 Å². The first-order chi connectivity index (χ1) is 8.13. The van der Waals surface area contributed by atoms with E-state index in [2.05, 4.69) is 13.8 Å². The number of carbonyl (C=O) groups excluding carboxylic acids is 1. The fourth-order valence-electron chi connectivity index (χ4n) is 1.50. The third-order valence-corrected chi connectivity index (χ3v) is 3.75. The van der Waals surface area contributed by atoms with Crippen LogP contribution in [0.4, 0.5) is 0 Å². The molecule has 1 unspecified atom stereocenters. The molecule has 1 aromatic rings. The van der Waals surface area contributed by atoms with Crippen LogP contribution in [0, 0.1) is 5.92 Å². The summed E-state index contributed by atoms with van der Waals surface area (Å²) in [7, 11) is 1.45. The Morgan fingerprint density at radius 2 is 1.88 bits per heavy atom. The van der Waals surface area contributed by atoms with Crippen molar-refractivity contribution in [1.82, 2.24) is 0 Å². The molecule has 3 heteroatoms. The average molecular weight is 252 g/mol. The fraction of sp³-hybridized carbons (Fsp3) is 0.500. The Labute approximate surface area is 108 Å². The van der Waals surface area contributed by atoms with Gasteiger partial charge in [0.15, 0.2) is 0 Å². The zero-order valence-corrected chi connectivity index (χ0v) is 11.5. The van der Waals surface area contributed by atoms with Gasteiger partial charge in [-0.25, -0.2) is 0 Å². The summed E-state index contributed by atoms with van der Waals surface area (Å²) in [4.78, 5) is 12.8. The molecule has 0 bridgehead atoms. The van der Waals surface area contributed by atoms with Crippen LogP contribution in [0.3, 0.4) is 0 Å². The molecule has 0 saturated carbocycles. The van der Waals surface area contributed by atoms with Crippen LogP contribution in [0.25, 0.3) is 0 Å². The molecule has 17 heavy (non-hydrogen) atoms. The Morgan fingerprint density at radius 1 is 1.24 bits per heavy atom. The van der Waals surface area contributed by atoms with Gasteiger partial charge < -0.3 is 4.74 Å². The molecule has 0 heterocycles. The van der Waals surface area contributed by atoms with Crippen molar-refractivity contribution in [3.63, 3.8) is 0 Å². The lowest BCUT2D eigenvalue weighted by atomic mass is 10.1. The summed E-state index contributed by atoms with van der Waals surface area (Å²) in [6, 6.07) is 10.00. The number of hydrogen-bond acceptors (Lipinski definition) is 3. The number of carbonyl (C=O) groups is 1. The second-order valence-electron chi connectivity index (χ2n) is 4.41. The zero-order chi connectivity index (χ0) is 12.7. The van der Waals surface area contributed by atoms with Gasteiger partial charge in [-0.3, -0.25) is 4.79 Å². The van der Waals surface area contributed by atoms with Gasteiger partial charge in [0.05, 0.1) is 7.11 Å². The van der Waals surface area contributed by atoms with Crippen LogP contribution in [-0.4, -0.2) is 18.3 Å². The highest BCUT2D eigenvalue weighted by atomic mass is 32.2. The van der Waals surface area contributed by atoms with E-state index in [4.69, 9.17) is 4.74 Å². The van der Waals surface area contributed by atoms with Crippen LogP contribution < -0.4 is 0 Å². The number of benzene rings is 1. The maximum Gasteiger partial charge on any atom is 0.319 e. The van der Waals surface area contributed by atoms with Crippen molar-refractivity contribution < 1.29 is 9.53 Å². The maximum absolute atomic E-state index is 11.7. The average Bonchev–Trinajstić information content (AvgIpc) is 2.34.